The lowest BCUT2D eigenvalue weighted by Gasteiger charge is -2.21. The number of hydrogen-bond acceptors (Lipinski definition) is 4. The van der Waals surface area contributed by atoms with Gasteiger partial charge < -0.3 is 20.8 Å². The summed E-state index contributed by atoms with van der Waals surface area (Å²) in [5.74, 6) is -2.42. The molecule has 0 aliphatic rings. The minimum atomic E-state index is -1.65. The lowest BCUT2D eigenvalue weighted by molar-refractivity contribution is -0.146. The molecular weight excluding hydrogens is 228 g/mol. The summed E-state index contributed by atoms with van der Waals surface area (Å²) < 4.78 is 0. The van der Waals surface area contributed by atoms with E-state index in [0.717, 1.165) is 0 Å². The minimum absolute atomic E-state index is 0.138. The highest BCUT2D eigenvalue weighted by atomic mass is 16.4. The minimum Gasteiger partial charge on any atom is -0.479 e. The Morgan fingerprint density at radius 2 is 1.76 bits per heavy atom. The van der Waals surface area contributed by atoms with Crippen LogP contribution in [0.25, 0.3) is 0 Å². The van der Waals surface area contributed by atoms with E-state index in [9.17, 15) is 14.4 Å². The van der Waals surface area contributed by atoms with E-state index >= 15 is 0 Å². The van der Waals surface area contributed by atoms with Gasteiger partial charge in [-0.05, 0) is 5.92 Å². The first-order valence-corrected chi connectivity index (χ1v) is 5.21. The third kappa shape index (κ3) is 5.86. The topological polar surface area (TPSA) is 116 Å². The summed E-state index contributed by atoms with van der Waals surface area (Å²) in [6.45, 7) is 4.38. The predicted molar refractivity (Wildman–Crippen MR) is 59.1 cm³/mol. The number of aliphatic hydroxyl groups excluding tert-OH is 1. The second-order valence-corrected chi connectivity index (χ2v) is 4.02. The van der Waals surface area contributed by atoms with Crippen LogP contribution in [0, 0.1) is 5.92 Å². The normalized spacial score (nSPS) is 13.9. The molecule has 0 saturated carbocycles. The van der Waals surface area contributed by atoms with Crippen molar-refractivity contribution >= 4 is 17.8 Å². The van der Waals surface area contributed by atoms with Gasteiger partial charge in [-0.15, -0.1) is 0 Å². The van der Waals surface area contributed by atoms with Crippen molar-refractivity contribution in [1.82, 2.24) is 10.6 Å². The van der Waals surface area contributed by atoms with Crippen molar-refractivity contribution in [2.45, 2.75) is 32.9 Å². The molecule has 0 fully saturated rings. The molecule has 2 amide bonds. The first kappa shape index (κ1) is 15.4. The summed E-state index contributed by atoms with van der Waals surface area (Å²) in [5.41, 5.74) is 0. The summed E-state index contributed by atoms with van der Waals surface area (Å²) in [5, 5.41) is 22.1. The number of hydrogen-bond donors (Lipinski definition) is 4. The molecule has 0 rings (SSSR count). The Morgan fingerprint density at radius 1 is 1.24 bits per heavy atom. The largest absolute Gasteiger partial charge is 0.479 e. The highest BCUT2D eigenvalue weighted by molar-refractivity contribution is 5.87. The fourth-order valence-corrected chi connectivity index (χ4v) is 1.15. The summed E-state index contributed by atoms with van der Waals surface area (Å²) >= 11 is 0. The molecule has 0 aliphatic carbocycles. The Balaban J connectivity index is 4.33. The van der Waals surface area contributed by atoms with E-state index in [4.69, 9.17) is 10.2 Å². The van der Waals surface area contributed by atoms with Crippen LogP contribution >= 0.6 is 0 Å². The molecule has 0 heterocycles. The molecule has 7 heteroatoms. The van der Waals surface area contributed by atoms with Gasteiger partial charge in [-0.2, -0.15) is 0 Å². The molecule has 0 saturated heterocycles. The average molecular weight is 246 g/mol. The fraction of sp³-hybridized carbons (Fsp3) is 0.700. The number of carbonyl (C=O) groups is 3. The van der Waals surface area contributed by atoms with Crippen LogP contribution in [0.4, 0.5) is 0 Å². The van der Waals surface area contributed by atoms with Crippen molar-refractivity contribution in [1.29, 1.82) is 0 Å². The summed E-state index contributed by atoms with van der Waals surface area (Å²) in [4.78, 5) is 32.8. The van der Waals surface area contributed by atoms with Gasteiger partial charge in [-0.3, -0.25) is 9.59 Å². The van der Waals surface area contributed by atoms with Gasteiger partial charge in [0.2, 0.25) is 11.8 Å². The van der Waals surface area contributed by atoms with Gasteiger partial charge in [0.25, 0.3) is 0 Å². The maximum absolute atomic E-state index is 11.6. The quantitative estimate of drug-likeness (QED) is 0.465. The van der Waals surface area contributed by atoms with Gasteiger partial charge in [0.1, 0.15) is 6.04 Å². The second kappa shape index (κ2) is 6.85. The van der Waals surface area contributed by atoms with E-state index in [2.05, 4.69) is 10.6 Å². The number of amides is 2. The standard InChI is InChI=1S/C10H18N2O5/c1-5(2)8(12-6(3)13)9(15)11-4-7(14)10(16)17/h5,7-8,14H,4H2,1-3H3,(H,11,15)(H,12,13)(H,16,17). The summed E-state index contributed by atoms with van der Waals surface area (Å²) in [7, 11) is 0. The highest BCUT2D eigenvalue weighted by Gasteiger charge is 2.24. The Kier molecular flexibility index (Phi) is 6.19. The maximum atomic E-state index is 11.6. The predicted octanol–water partition coefficient (Wildman–Crippen LogP) is -1.29. The molecule has 0 aliphatic heterocycles. The van der Waals surface area contributed by atoms with Crippen LogP contribution in [-0.2, 0) is 14.4 Å². The highest BCUT2D eigenvalue weighted by Crippen LogP contribution is 2.01. The molecule has 0 aromatic heterocycles. The zero-order valence-corrected chi connectivity index (χ0v) is 10.1. The first-order valence-electron chi connectivity index (χ1n) is 5.21. The van der Waals surface area contributed by atoms with Gasteiger partial charge in [0.15, 0.2) is 6.10 Å². The Labute approximate surface area is 99.2 Å². The number of carboxylic acids is 1. The van der Waals surface area contributed by atoms with E-state index in [1.807, 2.05) is 0 Å². The maximum Gasteiger partial charge on any atom is 0.334 e. The van der Waals surface area contributed by atoms with Gasteiger partial charge in [0.05, 0.1) is 6.54 Å². The Bertz CT molecular complexity index is 303. The molecular formula is C10H18N2O5. The van der Waals surface area contributed by atoms with E-state index < -0.39 is 30.6 Å². The Morgan fingerprint density at radius 3 is 2.12 bits per heavy atom. The molecule has 98 valence electrons. The van der Waals surface area contributed by atoms with Crippen LogP contribution < -0.4 is 10.6 Å². The molecule has 0 bridgehead atoms. The molecule has 0 aromatic rings. The zero-order chi connectivity index (χ0) is 13.6. The lowest BCUT2D eigenvalue weighted by Crippen LogP contribution is -2.51. The van der Waals surface area contributed by atoms with E-state index in [1.54, 1.807) is 13.8 Å². The van der Waals surface area contributed by atoms with E-state index in [-0.39, 0.29) is 11.8 Å². The number of aliphatic carboxylic acids is 1. The number of carbonyl (C=O) groups excluding carboxylic acids is 2. The molecule has 0 radical (unpaired) electrons. The molecule has 7 nitrogen and oxygen atoms in total. The van der Waals surface area contributed by atoms with E-state index in [0.29, 0.717) is 0 Å². The van der Waals surface area contributed by atoms with Crippen LogP contribution in [0.15, 0.2) is 0 Å². The smallest absolute Gasteiger partial charge is 0.334 e. The zero-order valence-electron chi connectivity index (χ0n) is 10.1. The van der Waals surface area contributed by atoms with Crippen molar-refractivity contribution in [3.63, 3.8) is 0 Å². The van der Waals surface area contributed by atoms with Crippen molar-refractivity contribution in [3.8, 4) is 0 Å². The number of carboxylic acid groups (broad SMARTS) is 1. The lowest BCUT2D eigenvalue weighted by atomic mass is 10.0. The third-order valence-corrected chi connectivity index (χ3v) is 2.06. The number of nitrogens with one attached hydrogen (secondary N) is 2. The Hall–Kier alpha value is -1.63. The van der Waals surface area contributed by atoms with Gasteiger partial charge in [-0.25, -0.2) is 4.79 Å². The van der Waals surface area contributed by atoms with Crippen LogP contribution in [-0.4, -0.2) is 46.7 Å². The van der Waals surface area contributed by atoms with Crippen molar-refractivity contribution < 1.29 is 24.6 Å². The second-order valence-electron chi connectivity index (χ2n) is 4.02. The van der Waals surface area contributed by atoms with Crippen molar-refractivity contribution in [3.05, 3.63) is 0 Å². The molecule has 2 atom stereocenters. The molecule has 0 spiro atoms. The van der Waals surface area contributed by atoms with Crippen molar-refractivity contribution in [2.24, 2.45) is 5.92 Å². The van der Waals surface area contributed by atoms with Gasteiger partial charge >= 0.3 is 5.97 Å². The molecule has 0 aromatic carbocycles. The average Bonchev–Trinajstić information content (AvgIpc) is 2.21. The van der Waals surface area contributed by atoms with Gasteiger partial charge in [0, 0.05) is 6.92 Å². The fourth-order valence-electron chi connectivity index (χ4n) is 1.15. The van der Waals surface area contributed by atoms with Crippen molar-refractivity contribution in [2.75, 3.05) is 6.54 Å². The molecule has 2 unspecified atom stereocenters. The molecule has 17 heavy (non-hydrogen) atoms. The number of rotatable bonds is 6. The SMILES string of the molecule is CC(=O)NC(C(=O)NCC(O)C(=O)O)C(C)C. The van der Waals surface area contributed by atoms with Crippen LogP contribution in [0.3, 0.4) is 0 Å². The number of aliphatic hydroxyl groups is 1. The third-order valence-electron chi connectivity index (χ3n) is 2.06. The van der Waals surface area contributed by atoms with E-state index in [1.165, 1.54) is 6.92 Å². The monoisotopic (exact) mass is 246 g/mol. The van der Waals surface area contributed by atoms with Crippen LogP contribution in [0.5, 0.6) is 0 Å². The van der Waals surface area contributed by atoms with Crippen LogP contribution in [0.2, 0.25) is 0 Å². The molecule has 4 N–H and O–H groups in total. The van der Waals surface area contributed by atoms with Gasteiger partial charge in [-0.1, -0.05) is 13.8 Å². The summed E-state index contributed by atoms with van der Waals surface area (Å²) in [6, 6.07) is -0.742. The first-order chi connectivity index (χ1) is 7.75. The van der Waals surface area contributed by atoms with Crippen LogP contribution in [0.1, 0.15) is 20.8 Å². The summed E-state index contributed by atoms with van der Waals surface area (Å²) in [6.07, 6.45) is -1.65.